The molecular formula is C17H24N6O2S. The Hall–Kier alpha value is -1.97. The summed E-state index contributed by atoms with van der Waals surface area (Å²) in [4.78, 5) is 14.5. The number of sulfone groups is 1. The van der Waals surface area contributed by atoms with E-state index in [0.717, 1.165) is 54.5 Å². The SMILES string of the molecule is CS(=O)(=O)Cc1nc2cnc3[nH]ccc3c2n1C1CCN(CCN)CC1. The average Bonchev–Trinajstić information content (AvgIpc) is 3.18. The molecule has 0 unspecified atom stereocenters. The van der Waals surface area contributed by atoms with Crippen LogP contribution in [-0.2, 0) is 15.6 Å². The van der Waals surface area contributed by atoms with Crippen LogP contribution in [0.3, 0.4) is 0 Å². The molecule has 1 saturated heterocycles. The number of nitrogens with two attached hydrogens (primary N) is 1. The normalized spacial score (nSPS) is 17.5. The first-order valence-corrected chi connectivity index (χ1v) is 11.0. The van der Waals surface area contributed by atoms with Gasteiger partial charge in [0.1, 0.15) is 22.7 Å². The van der Waals surface area contributed by atoms with Gasteiger partial charge in [0.2, 0.25) is 0 Å². The van der Waals surface area contributed by atoms with Crippen molar-refractivity contribution in [3.63, 3.8) is 0 Å². The monoisotopic (exact) mass is 376 g/mol. The minimum absolute atomic E-state index is 0.0589. The number of aromatic amines is 1. The van der Waals surface area contributed by atoms with Crippen LogP contribution in [-0.4, -0.2) is 65.3 Å². The summed E-state index contributed by atoms with van der Waals surface area (Å²) in [5, 5.41) is 0.985. The van der Waals surface area contributed by atoms with Crippen LogP contribution in [0.15, 0.2) is 18.5 Å². The molecule has 140 valence electrons. The number of hydrogen-bond donors (Lipinski definition) is 2. The fraction of sp³-hybridized carbons (Fsp3) is 0.529. The second-order valence-electron chi connectivity index (χ2n) is 7.06. The van der Waals surface area contributed by atoms with Crippen LogP contribution in [0.1, 0.15) is 24.7 Å². The summed E-state index contributed by atoms with van der Waals surface area (Å²) in [6.45, 7) is 3.48. The molecule has 3 aromatic rings. The lowest BCUT2D eigenvalue weighted by Crippen LogP contribution is -2.38. The van der Waals surface area contributed by atoms with Crippen LogP contribution in [0, 0.1) is 0 Å². The summed E-state index contributed by atoms with van der Waals surface area (Å²) in [7, 11) is -3.18. The second kappa shape index (κ2) is 6.64. The molecule has 8 nitrogen and oxygen atoms in total. The van der Waals surface area contributed by atoms with Gasteiger partial charge in [-0.3, -0.25) is 0 Å². The Morgan fingerprint density at radius 2 is 2.12 bits per heavy atom. The Morgan fingerprint density at radius 1 is 1.35 bits per heavy atom. The van der Waals surface area contributed by atoms with Gasteiger partial charge in [0.05, 0.1) is 11.7 Å². The number of pyridine rings is 1. The number of H-pyrrole nitrogens is 1. The van der Waals surface area contributed by atoms with Crippen molar-refractivity contribution in [1.82, 2.24) is 24.4 Å². The van der Waals surface area contributed by atoms with Gasteiger partial charge in [-0.05, 0) is 18.9 Å². The molecule has 1 aliphatic rings. The topological polar surface area (TPSA) is 110 Å². The summed E-state index contributed by atoms with van der Waals surface area (Å²) in [5.41, 5.74) is 8.20. The highest BCUT2D eigenvalue weighted by Gasteiger charge is 2.26. The maximum atomic E-state index is 12.0. The fourth-order valence-electron chi connectivity index (χ4n) is 3.95. The number of imidazole rings is 1. The second-order valence-corrected chi connectivity index (χ2v) is 9.20. The maximum Gasteiger partial charge on any atom is 0.154 e. The van der Waals surface area contributed by atoms with Crippen LogP contribution in [0.5, 0.6) is 0 Å². The molecule has 4 rings (SSSR count). The summed E-state index contributed by atoms with van der Waals surface area (Å²) in [6.07, 6.45) is 6.74. The molecule has 0 spiro atoms. The molecule has 9 heteroatoms. The number of aromatic nitrogens is 4. The van der Waals surface area contributed by atoms with Gasteiger partial charge in [-0.2, -0.15) is 0 Å². The van der Waals surface area contributed by atoms with Gasteiger partial charge in [0.15, 0.2) is 9.84 Å². The van der Waals surface area contributed by atoms with Crippen molar-refractivity contribution in [3.8, 4) is 0 Å². The highest BCUT2D eigenvalue weighted by molar-refractivity contribution is 7.89. The molecule has 0 saturated carbocycles. The highest BCUT2D eigenvalue weighted by atomic mass is 32.2. The lowest BCUT2D eigenvalue weighted by molar-refractivity contribution is 0.191. The molecule has 3 N–H and O–H groups in total. The van der Waals surface area contributed by atoms with E-state index in [1.165, 1.54) is 6.26 Å². The lowest BCUT2D eigenvalue weighted by atomic mass is 10.0. The zero-order chi connectivity index (χ0) is 18.3. The van der Waals surface area contributed by atoms with Crippen molar-refractivity contribution in [2.24, 2.45) is 5.73 Å². The Morgan fingerprint density at radius 3 is 2.81 bits per heavy atom. The number of piperidine rings is 1. The molecule has 26 heavy (non-hydrogen) atoms. The minimum Gasteiger partial charge on any atom is -0.346 e. The van der Waals surface area contributed by atoms with E-state index in [9.17, 15) is 8.42 Å². The van der Waals surface area contributed by atoms with Crippen LogP contribution in [0.25, 0.3) is 22.1 Å². The van der Waals surface area contributed by atoms with Crippen molar-refractivity contribution in [1.29, 1.82) is 0 Å². The van der Waals surface area contributed by atoms with E-state index in [1.54, 1.807) is 6.20 Å². The van der Waals surface area contributed by atoms with E-state index < -0.39 is 9.84 Å². The van der Waals surface area contributed by atoms with Gasteiger partial charge < -0.3 is 20.2 Å². The Kier molecular flexibility index (Phi) is 4.45. The first kappa shape index (κ1) is 17.4. The van der Waals surface area contributed by atoms with Crippen LogP contribution < -0.4 is 5.73 Å². The van der Waals surface area contributed by atoms with Crippen molar-refractivity contribution in [2.45, 2.75) is 24.6 Å². The number of hydrogen-bond acceptors (Lipinski definition) is 6. The van der Waals surface area contributed by atoms with Crippen LogP contribution in [0.4, 0.5) is 0 Å². The third-order valence-electron chi connectivity index (χ3n) is 5.07. The predicted octanol–water partition coefficient (Wildman–Crippen LogP) is 1.05. The quantitative estimate of drug-likeness (QED) is 0.689. The van der Waals surface area contributed by atoms with E-state index in [4.69, 9.17) is 5.73 Å². The predicted molar refractivity (Wildman–Crippen MR) is 102 cm³/mol. The molecule has 0 aromatic carbocycles. The van der Waals surface area contributed by atoms with Gasteiger partial charge in [-0.25, -0.2) is 18.4 Å². The largest absolute Gasteiger partial charge is 0.346 e. The fourth-order valence-corrected chi connectivity index (χ4v) is 4.63. The zero-order valence-corrected chi connectivity index (χ0v) is 15.7. The van der Waals surface area contributed by atoms with Gasteiger partial charge in [-0.1, -0.05) is 0 Å². The first-order valence-electron chi connectivity index (χ1n) is 8.89. The maximum absolute atomic E-state index is 12.0. The molecule has 0 atom stereocenters. The minimum atomic E-state index is -3.18. The number of fused-ring (bicyclic) bond motifs is 3. The number of rotatable bonds is 5. The standard InChI is InChI=1S/C17H24N6O2S/c1-26(24,25)11-15-21-14-10-20-17-13(2-6-19-17)16(14)23(15)12-3-7-22(8-4-12)9-5-18/h2,6,10,12H,3-5,7-9,11,18H2,1H3,(H,19,20). The molecule has 3 aromatic heterocycles. The lowest BCUT2D eigenvalue weighted by Gasteiger charge is -2.33. The van der Waals surface area contributed by atoms with Gasteiger partial charge in [0.25, 0.3) is 0 Å². The third kappa shape index (κ3) is 3.22. The molecule has 1 fully saturated rings. The van der Waals surface area contributed by atoms with E-state index in [1.807, 2.05) is 12.3 Å². The van der Waals surface area contributed by atoms with Crippen molar-refractivity contribution in [2.75, 3.05) is 32.4 Å². The van der Waals surface area contributed by atoms with Gasteiger partial charge in [-0.15, -0.1) is 0 Å². The molecule has 0 aliphatic carbocycles. The van der Waals surface area contributed by atoms with Crippen LogP contribution >= 0.6 is 0 Å². The Balaban J connectivity index is 1.82. The van der Waals surface area contributed by atoms with Gasteiger partial charge in [0, 0.05) is 50.1 Å². The van der Waals surface area contributed by atoms with Crippen molar-refractivity contribution >= 4 is 31.9 Å². The zero-order valence-electron chi connectivity index (χ0n) is 14.9. The molecule has 0 radical (unpaired) electrons. The summed E-state index contributed by atoms with van der Waals surface area (Å²) in [5.74, 6) is 0.548. The van der Waals surface area contributed by atoms with Crippen molar-refractivity contribution in [3.05, 3.63) is 24.3 Å². The molecular weight excluding hydrogens is 352 g/mol. The van der Waals surface area contributed by atoms with E-state index in [0.29, 0.717) is 12.4 Å². The summed E-state index contributed by atoms with van der Waals surface area (Å²) < 4.78 is 26.1. The third-order valence-corrected chi connectivity index (χ3v) is 5.85. The number of nitrogens with zero attached hydrogens (tertiary/aromatic N) is 4. The summed E-state index contributed by atoms with van der Waals surface area (Å²) >= 11 is 0. The van der Waals surface area contributed by atoms with Gasteiger partial charge >= 0.3 is 0 Å². The Bertz CT molecular complexity index is 1030. The molecule has 4 heterocycles. The molecule has 0 bridgehead atoms. The first-order chi connectivity index (χ1) is 12.5. The molecule has 1 aliphatic heterocycles. The number of likely N-dealkylation sites (tertiary alicyclic amines) is 1. The number of nitrogens with one attached hydrogen (secondary N) is 1. The Labute approximate surface area is 152 Å². The van der Waals surface area contributed by atoms with E-state index in [2.05, 4.69) is 24.4 Å². The van der Waals surface area contributed by atoms with E-state index >= 15 is 0 Å². The average molecular weight is 376 g/mol. The molecule has 0 amide bonds. The smallest absolute Gasteiger partial charge is 0.154 e. The van der Waals surface area contributed by atoms with Crippen molar-refractivity contribution < 1.29 is 8.42 Å². The van der Waals surface area contributed by atoms with E-state index in [-0.39, 0.29) is 11.8 Å². The summed E-state index contributed by atoms with van der Waals surface area (Å²) in [6, 6.07) is 2.21. The highest BCUT2D eigenvalue weighted by Crippen LogP contribution is 2.32. The van der Waals surface area contributed by atoms with Crippen LogP contribution in [0.2, 0.25) is 0 Å².